The fourth-order valence-electron chi connectivity index (χ4n) is 1.73. The van der Waals surface area contributed by atoms with Crippen molar-refractivity contribution in [2.75, 3.05) is 6.54 Å². The maximum atomic E-state index is 4.51. The summed E-state index contributed by atoms with van der Waals surface area (Å²) in [4.78, 5) is 8.68. The molecule has 0 N–H and O–H groups in total. The highest BCUT2D eigenvalue weighted by Crippen LogP contribution is 2.34. The summed E-state index contributed by atoms with van der Waals surface area (Å²) in [6.07, 6.45) is 3.89. The number of halogens is 1. The standard InChI is InChI=1S/C11H8N2.ClH/c1-2-4-10-8(3-1)9-5-6-12-7-11(9)13-10;/h1-6H,7H2;1H. The average Bonchev–Trinajstić information content (AvgIpc) is 2.56. The Morgan fingerprint density at radius 1 is 1.14 bits per heavy atom. The molecule has 3 heteroatoms. The zero-order valence-corrected chi connectivity index (χ0v) is 8.29. The van der Waals surface area contributed by atoms with Crippen molar-refractivity contribution in [2.24, 2.45) is 9.98 Å². The van der Waals surface area contributed by atoms with Crippen LogP contribution in [0, 0.1) is 0 Å². The highest BCUT2D eigenvalue weighted by Gasteiger charge is 2.20. The summed E-state index contributed by atoms with van der Waals surface area (Å²) in [5.41, 5.74) is 4.66. The molecule has 2 aliphatic rings. The van der Waals surface area contributed by atoms with Crippen LogP contribution >= 0.6 is 12.4 Å². The molecule has 1 aromatic carbocycles. The van der Waals surface area contributed by atoms with Crippen molar-refractivity contribution in [2.45, 2.75) is 0 Å². The fraction of sp³-hybridized carbons (Fsp3) is 0.0909. The summed E-state index contributed by atoms with van der Waals surface area (Å²) in [5.74, 6) is 0. The van der Waals surface area contributed by atoms with Crippen LogP contribution in [0.15, 0.2) is 40.3 Å². The van der Waals surface area contributed by atoms with Gasteiger partial charge in [-0.3, -0.25) is 9.98 Å². The minimum absolute atomic E-state index is 0. The van der Waals surface area contributed by atoms with Gasteiger partial charge in [-0.25, -0.2) is 0 Å². The molecule has 0 aliphatic carbocycles. The van der Waals surface area contributed by atoms with Crippen molar-refractivity contribution >= 4 is 35.6 Å². The third kappa shape index (κ3) is 1.19. The minimum Gasteiger partial charge on any atom is -0.287 e. The van der Waals surface area contributed by atoms with Gasteiger partial charge in [-0.2, -0.15) is 0 Å². The molecular formula is C11H9ClN2. The SMILES string of the molecule is C1=NCC2=Nc3ccccc3C2=C1.Cl. The second-order valence-electron chi connectivity index (χ2n) is 3.15. The van der Waals surface area contributed by atoms with Crippen LogP contribution in [0.1, 0.15) is 5.56 Å². The second kappa shape index (κ2) is 3.39. The Labute approximate surface area is 88.5 Å². The predicted molar refractivity (Wildman–Crippen MR) is 62.1 cm³/mol. The Kier molecular flexibility index (Phi) is 2.22. The number of nitrogens with zero attached hydrogens (tertiary/aromatic N) is 2. The van der Waals surface area contributed by atoms with E-state index in [0.717, 1.165) is 17.9 Å². The Morgan fingerprint density at radius 2 is 2.00 bits per heavy atom. The lowest BCUT2D eigenvalue weighted by atomic mass is 10.0. The van der Waals surface area contributed by atoms with E-state index in [1.807, 2.05) is 30.5 Å². The zero-order valence-electron chi connectivity index (χ0n) is 7.47. The Morgan fingerprint density at radius 3 is 2.93 bits per heavy atom. The van der Waals surface area contributed by atoms with Gasteiger partial charge in [0.15, 0.2) is 0 Å². The molecule has 2 aliphatic heterocycles. The largest absolute Gasteiger partial charge is 0.287 e. The molecule has 0 amide bonds. The van der Waals surface area contributed by atoms with Crippen LogP contribution in [-0.4, -0.2) is 18.5 Å². The summed E-state index contributed by atoms with van der Waals surface area (Å²) < 4.78 is 0. The fourth-order valence-corrected chi connectivity index (χ4v) is 1.73. The third-order valence-corrected chi connectivity index (χ3v) is 2.35. The monoisotopic (exact) mass is 204 g/mol. The Hall–Kier alpha value is -1.41. The number of benzene rings is 1. The van der Waals surface area contributed by atoms with Gasteiger partial charge in [0.25, 0.3) is 0 Å². The van der Waals surface area contributed by atoms with Gasteiger partial charge >= 0.3 is 0 Å². The van der Waals surface area contributed by atoms with Gasteiger partial charge in [0, 0.05) is 17.4 Å². The molecule has 2 heterocycles. The normalized spacial score (nSPS) is 16.3. The highest BCUT2D eigenvalue weighted by atomic mass is 35.5. The molecule has 0 aromatic heterocycles. The molecule has 1 aromatic rings. The van der Waals surface area contributed by atoms with Crippen molar-refractivity contribution in [3.63, 3.8) is 0 Å². The summed E-state index contributed by atoms with van der Waals surface area (Å²) in [6, 6.07) is 8.21. The molecule has 0 saturated heterocycles. The first kappa shape index (κ1) is 9.16. The maximum Gasteiger partial charge on any atom is 0.0818 e. The van der Waals surface area contributed by atoms with Gasteiger partial charge in [-0.05, 0) is 12.1 Å². The van der Waals surface area contributed by atoms with Gasteiger partial charge in [0.05, 0.1) is 17.9 Å². The zero-order chi connectivity index (χ0) is 8.67. The van der Waals surface area contributed by atoms with Crippen molar-refractivity contribution in [3.05, 3.63) is 35.9 Å². The topological polar surface area (TPSA) is 24.7 Å². The molecule has 70 valence electrons. The Balaban J connectivity index is 0.000000750. The molecule has 14 heavy (non-hydrogen) atoms. The van der Waals surface area contributed by atoms with E-state index in [2.05, 4.69) is 16.1 Å². The van der Waals surface area contributed by atoms with E-state index in [-0.39, 0.29) is 12.4 Å². The van der Waals surface area contributed by atoms with Gasteiger partial charge < -0.3 is 0 Å². The summed E-state index contributed by atoms with van der Waals surface area (Å²) in [7, 11) is 0. The quantitative estimate of drug-likeness (QED) is 0.621. The predicted octanol–water partition coefficient (Wildman–Crippen LogP) is 2.66. The van der Waals surface area contributed by atoms with Gasteiger partial charge in [-0.15, -0.1) is 12.4 Å². The van der Waals surface area contributed by atoms with Crippen molar-refractivity contribution in [1.82, 2.24) is 0 Å². The maximum absolute atomic E-state index is 4.51. The molecule has 0 fully saturated rings. The first-order valence-corrected chi connectivity index (χ1v) is 4.32. The van der Waals surface area contributed by atoms with E-state index in [9.17, 15) is 0 Å². The second-order valence-corrected chi connectivity index (χ2v) is 3.15. The van der Waals surface area contributed by atoms with Crippen LogP contribution in [0.2, 0.25) is 0 Å². The van der Waals surface area contributed by atoms with E-state index in [1.54, 1.807) is 0 Å². The molecule has 2 nitrogen and oxygen atoms in total. The number of hydrogen-bond donors (Lipinski definition) is 0. The van der Waals surface area contributed by atoms with Crippen molar-refractivity contribution in [1.29, 1.82) is 0 Å². The minimum atomic E-state index is 0. The summed E-state index contributed by atoms with van der Waals surface area (Å²) >= 11 is 0. The van der Waals surface area contributed by atoms with Crippen molar-refractivity contribution < 1.29 is 0 Å². The van der Waals surface area contributed by atoms with Crippen LogP contribution in [0.3, 0.4) is 0 Å². The van der Waals surface area contributed by atoms with E-state index < -0.39 is 0 Å². The molecule has 3 rings (SSSR count). The smallest absolute Gasteiger partial charge is 0.0818 e. The molecule has 0 bridgehead atoms. The van der Waals surface area contributed by atoms with Gasteiger partial charge in [0.2, 0.25) is 0 Å². The van der Waals surface area contributed by atoms with Crippen LogP contribution in [0.4, 0.5) is 5.69 Å². The van der Waals surface area contributed by atoms with E-state index in [1.165, 1.54) is 11.1 Å². The molecule has 0 spiro atoms. The number of hydrogen-bond acceptors (Lipinski definition) is 2. The van der Waals surface area contributed by atoms with Crippen LogP contribution in [0.25, 0.3) is 5.57 Å². The lowest BCUT2D eigenvalue weighted by Gasteiger charge is -2.04. The molecule has 0 atom stereocenters. The van der Waals surface area contributed by atoms with E-state index >= 15 is 0 Å². The summed E-state index contributed by atoms with van der Waals surface area (Å²) in [5, 5.41) is 0. The molecular weight excluding hydrogens is 196 g/mol. The first-order valence-electron chi connectivity index (χ1n) is 4.32. The number of allylic oxidation sites excluding steroid dienone is 1. The van der Waals surface area contributed by atoms with Gasteiger partial charge in [-0.1, -0.05) is 18.2 Å². The number of dihydropyridines is 1. The van der Waals surface area contributed by atoms with Crippen molar-refractivity contribution in [3.8, 4) is 0 Å². The lowest BCUT2D eigenvalue weighted by Crippen LogP contribution is -2.05. The molecule has 0 unspecified atom stereocenters. The first-order chi connectivity index (χ1) is 6.45. The lowest BCUT2D eigenvalue weighted by molar-refractivity contribution is 1.31. The Bertz CT molecular complexity index is 458. The van der Waals surface area contributed by atoms with Gasteiger partial charge in [0.1, 0.15) is 0 Å². The number of para-hydroxylation sites is 1. The number of fused-ring (bicyclic) bond motifs is 3. The van der Waals surface area contributed by atoms with Crippen LogP contribution in [-0.2, 0) is 0 Å². The average molecular weight is 205 g/mol. The van der Waals surface area contributed by atoms with E-state index in [0.29, 0.717) is 0 Å². The number of rotatable bonds is 0. The number of aliphatic imine (C=N–C) groups is 2. The molecule has 0 radical (unpaired) electrons. The van der Waals surface area contributed by atoms with Crippen LogP contribution in [0.5, 0.6) is 0 Å². The molecule has 0 saturated carbocycles. The van der Waals surface area contributed by atoms with Crippen LogP contribution < -0.4 is 0 Å². The third-order valence-electron chi connectivity index (χ3n) is 2.35. The van der Waals surface area contributed by atoms with E-state index in [4.69, 9.17) is 0 Å². The highest BCUT2D eigenvalue weighted by molar-refractivity contribution is 6.32. The summed E-state index contributed by atoms with van der Waals surface area (Å²) in [6.45, 7) is 0.723.